The molecule has 2 atom stereocenters. The number of rotatable bonds is 4. The van der Waals surface area contributed by atoms with Crippen LogP contribution in [-0.2, 0) is 14.4 Å². The SMILES string of the molecule is O=C(O)c1ccc(N2C(=O)[C@H]3C(C(=O)c4cccs4)=NO[C@H]3C2=O)cc1. The number of oxime groups is 1. The van der Waals surface area contributed by atoms with Crippen molar-refractivity contribution < 1.29 is 29.1 Å². The lowest BCUT2D eigenvalue weighted by molar-refractivity contribution is -0.126. The van der Waals surface area contributed by atoms with E-state index >= 15 is 0 Å². The van der Waals surface area contributed by atoms with E-state index in [9.17, 15) is 19.2 Å². The molecule has 0 radical (unpaired) electrons. The number of hydrogen-bond donors (Lipinski definition) is 1. The number of anilines is 1. The average Bonchev–Trinajstić information content (AvgIpc) is 3.35. The highest BCUT2D eigenvalue weighted by molar-refractivity contribution is 7.13. The summed E-state index contributed by atoms with van der Waals surface area (Å²) in [6.07, 6.45) is -1.18. The summed E-state index contributed by atoms with van der Waals surface area (Å²) in [5, 5.41) is 14.3. The Bertz CT molecular complexity index is 964. The number of imide groups is 1. The highest BCUT2D eigenvalue weighted by Crippen LogP contribution is 2.34. The van der Waals surface area contributed by atoms with E-state index in [0.717, 1.165) is 4.90 Å². The van der Waals surface area contributed by atoms with Gasteiger partial charge in [0.05, 0.1) is 16.1 Å². The second kappa shape index (κ2) is 5.88. The Balaban J connectivity index is 1.64. The molecule has 2 aliphatic rings. The molecule has 0 spiro atoms. The molecule has 0 bridgehead atoms. The molecule has 9 heteroatoms. The Kier molecular flexibility index (Phi) is 3.66. The maximum absolute atomic E-state index is 12.8. The second-order valence-corrected chi connectivity index (χ2v) is 6.60. The van der Waals surface area contributed by atoms with Crippen molar-refractivity contribution in [2.45, 2.75) is 6.10 Å². The third-order valence-electron chi connectivity index (χ3n) is 4.16. The van der Waals surface area contributed by atoms with Gasteiger partial charge in [0.25, 0.3) is 5.91 Å². The number of fused-ring (bicyclic) bond motifs is 1. The van der Waals surface area contributed by atoms with Crippen molar-refractivity contribution in [3.63, 3.8) is 0 Å². The Morgan fingerprint density at radius 3 is 2.46 bits per heavy atom. The van der Waals surface area contributed by atoms with E-state index in [1.165, 1.54) is 35.6 Å². The van der Waals surface area contributed by atoms with Gasteiger partial charge in [0.1, 0.15) is 11.6 Å². The van der Waals surface area contributed by atoms with Crippen molar-refractivity contribution in [2.24, 2.45) is 11.1 Å². The molecule has 8 nitrogen and oxygen atoms in total. The molecule has 1 aromatic carbocycles. The highest BCUT2D eigenvalue weighted by atomic mass is 32.1. The minimum Gasteiger partial charge on any atom is -0.478 e. The number of amides is 2. The van der Waals surface area contributed by atoms with Crippen LogP contribution in [0.2, 0.25) is 0 Å². The van der Waals surface area contributed by atoms with Crippen molar-refractivity contribution in [1.82, 2.24) is 0 Å². The van der Waals surface area contributed by atoms with Crippen LogP contribution in [0.1, 0.15) is 20.0 Å². The molecule has 1 N–H and O–H groups in total. The van der Waals surface area contributed by atoms with E-state index in [0.29, 0.717) is 4.88 Å². The molecule has 1 saturated heterocycles. The van der Waals surface area contributed by atoms with Gasteiger partial charge in [-0.2, -0.15) is 0 Å². The largest absolute Gasteiger partial charge is 0.478 e. The lowest BCUT2D eigenvalue weighted by Crippen LogP contribution is -2.34. The lowest BCUT2D eigenvalue weighted by atomic mass is 9.96. The molecule has 2 aromatic rings. The summed E-state index contributed by atoms with van der Waals surface area (Å²) >= 11 is 1.20. The molecule has 2 aliphatic heterocycles. The number of aromatic carboxylic acids is 1. The lowest BCUT2D eigenvalue weighted by Gasteiger charge is -2.15. The maximum Gasteiger partial charge on any atom is 0.335 e. The van der Waals surface area contributed by atoms with Crippen LogP contribution >= 0.6 is 11.3 Å². The first-order valence-corrected chi connectivity index (χ1v) is 8.40. The minimum atomic E-state index is -1.18. The third-order valence-corrected chi connectivity index (χ3v) is 5.03. The van der Waals surface area contributed by atoms with Crippen molar-refractivity contribution in [1.29, 1.82) is 0 Å². The zero-order chi connectivity index (χ0) is 18.4. The third kappa shape index (κ3) is 2.32. The normalized spacial score (nSPS) is 21.4. The van der Waals surface area contributed by atoms with Crippen molar-refractivity contribution >= 4 is 46.3 Å². The minimum absolute atomic E-state index is 0.0272. The predicted molar refractivity (Wildman–Crippen MR) is 90.3 cm³/mol. The van der Waals surface area contributed by atoms with Gasteiger partial charge in [-0.1, -0.05) is 11.2 Å². The Morgan fingerprint density at radius 2 is 1.85 bits per heavy atom. The van der Waals surface area contributed by atoms with E-state index < -0.39 is 35.6 Å². The first-order chi connectivity index (χ1) is 12.5. The Morgan fingerprint density at radius 1 is 1.12 bits per heavy atom. The smallest absolute Gasteiger partial charge is 0.335 e. The summed E-state index contributed by atoms with van der Waals surface area (Å²) in [5.41, 5.74) is 0.144. The van der Waals surface area contributed by atoms with Crippen LogP contribution in [0.15, 0.2) is 46.9 Å². The van der Waals surface area contributed by atoms with Crippen LogP contribution in [0.5, 0.6) is 0 Å². The number of ketones is 1. The van der Waals surface area contributed by atoms with E-state index in [-0.39, 0.29) is 17.0 Å². The summed E-state index contributed by atoms with van der Waals surface area (Å²) in [6, 6.07) is 8.60. The molecule has 26 heavy (non-hydrogen) atoms. The molecular formula is C17H10N2O6S. The fraction of sp³-hybridized carbons (Fsp3) is 0.118. The summed E-state index contributed by atoms with van der Waals surface area (Å²) in [5.74, 6) is -3.93. The number of hydrogen-bond acceptors (Lipinski definition) is 7. The zero-order valence-corrected chi connectivity index (χ0v) is 13.8. The number of carboxylic acid groups (broad SMARTS) is 1. The molecular weight excluding hydrogens is 360 g/mol. The zero-order valence-electron chi connectivity index (χ0n) is 13.0. The molecule has 1 fully saturated rings. The number of carboxylic acids is 1. The van der Waals surface area contributed by atoms with Crippen LogP contribution in [0, 0.1) is 5.92 Å². The van der Waals surface area contributed by atoms with Crippen molar-refractivity contribution in [3.8, 4) is 0 Å². The van der Waals surface area contributed by atoms with Crippen molar-refractivity contribution in [2.75, 3.05) is 4.90 Å². The molecule has 1 aromatic heterocycles. The van der Waals surface area contributed by atoms with Gasteiger partial charge in [-0.25, -0.2) is 9.69 Å². The number of carbonyl (C=O) groups is 4. The number of thiophene rings is 1. The van der Waals surface area contributed by atoms with E-state index in [1.54, 1.807) is 17.5 Å². The molecule has 4 rings (SSSR count). The van der Waals surface area contributed by atoms with Crippen LogP contribution in [0.25, 0.3) is 0 Å². The summed E-state index contributed by atoms with van der Waals surface area (Å²) in [6.45, 7) is 0. The Hall–Kier alpha value is -3.33. The molecule has 0 aliphatic carbocycles. The average molecular weight is 370 g/mol. The topological polar surface area (TPSA) is 113 Å². The van der Waals surface area contributed by atoms with Crippen LogP contribution in [0.4, 0.5) is 5.69 Å². The standard InChI is InChI=1S/C17H10N2O6S/c20-13(10-2-1-7-26-10)12-11-14(25-18-12)16(22)19(15(11)21)9-5-3-8(4-6-9)17(23)24/h1-7,11,14H,(H,23,24)/t11-,14+/m0/s1. The molecule has 2 amide bonds. The highest BCUT2D eigenvalue weighted by Gasteiger charge is 2.57. The van der Waals surface area contributed by atoms with Gasteiger partial charge in [0.2, 0.25) is 17.8 Å². The molecule has 0 unspecified atom stereocenters. The summed E-state index contributed by atoms with van der Waals surface area (Å²) in [7, 11) is 0. The number of Topliss-reactive ketones (excluding diaryl/α,β-unsaturated/α-hetero) is 1. The quantitative estimate of drug-likeness (QED) is 0.646. The van der Waals surface area contributed by atoms with Gasteiger partial charge in [-0.15, -0.1) is 11.3 Å². The molecule has 0 saturated carbocycles. The van der Waals surface area contributed by atoms with Gasteiger partial charge in [0, 0.05) is 0 Å². The van der Waals surface area contributed by atoms with E-state index in [1.807, 2.05) is 0 Å². The monoisotopic (exact) mass is 370 g/mol. The van der Waals surface area contributed by atoms with E-state index in [4.69, 9.17) is 9.94 Å². The van der Waals surface area contributed by atoms with Gasteiger partial charge >= 0.3 is 5.97 Å². The van der Waals surface area contributed by atoms with Gasteiger partial charge in [-0.3, -0.25) is 14.4 Å². The van der Waals surface area contributed by atoms with Crippen LogP contribution in [-0.4, -0.2) is 40.5 Å². The Labute approximate surface area is 150 Å². The first-order valence-electron chi connectivity index (χ1n) is 7.52. The second-order valence-electron chi connectivity index (χ2n) is 5.65. The molecule has 3 heterocycles. The van der Waals surface area contributed by atoms with Gasteiger partial charge in [-0.05, 0) is 35.7 Å². The fourth-order valence-corrected chi connectivity index (χ4v) is 3.58. The van der Waals surface area contributed by atoms with Gasteiger partial charge in [0.15, 0.2) is 0 Å². The number of benzene rings is 1. The number of nitrogens with zero attached hydrogens (tertiary/aromatic N) is 2. The van der Waals surface area contributed by atoms with E-state index in [2.05, 4.69) is 5.16 Å². The van der Waals surface area contributed by atoms with Crippen molar-refractivity contribution in [3.05, 3.63) is 52.2 Å². The summed E-state index contributed by atoms with van der Waals surface area (Å²) < 4.78 is 0. The number of carbonyl (C=O) groups excluding carboxylic acids is 3. The molecule has 130 valence electrons. The predicted octanol–water partition coefficient (Wildman–Crippen LogP) is 1.57. The fourth-order valence-electron chi connectivity index (χ4n) is 2.91. The van der Waals surface area contributed by atoms with Gasteiger partial charge < -0.3 is 9.94 Å². The summed E-state index contributed by atoms with van der Waals surface area (Å²) in [4.78, 5) is 55.2. The van der Waals surface area contributed by atoms with Crippen LogP contribution in [0.3, 0.4) is 0 Å². The first kappa shape index (κ1) is 16.2. The maximum atomic E-state index is 12.8. The van der Waals surface area contributed by atoms with Crippen LogP contribution < -0.4 is 4.90 Å².